The van der Waals surface area contributed by atoms with Crippen LogP contribution in [0.3, 0.4) is 0 Å². The summed E-state index contributed by atoms with van der Waals surface area (Å²) in [5.41, 5.74) is 6.58. The second kappa shape index (κ2) is 12.4. The average molecular weight is 282 g/mol. The molecule has 0 aliphatic rings. The van der Waals surface area contributed by atoms with E-state index >= 15 is 0 Å². The fraction of sp³-hybridized carbons (Fsp3) is 0.895. The molecule has 0 radical (unpaired) electrons. The number of hydrogen-bond acceptors (Lipinski definition) is 1. The van der Waals surface area contributed by atoms with Gasteiger partial charge in [0, 0.05) is 11.5 Å². The van der Waals surface area contributed by atoms with Crippen LogP contribution in [0.15, 0.2) is 12.7 Å². The van der Waals surface area contributed by atoms with Gasteiger partial charge in [-0.15, -0.1) is 6.58 Å². The van der Waals surface area contributed by atoms with Crippen LogP contribution in [0.2, 0.25) is 0 Å². The molecule has 1 nitrogen and oxygen atoms in total. The van der Waals surface area contributed by atoms with Gasteiger partial charge in [0.2, 0.25) is 0 Å². The molecular formula is C19H39N. The SMILES string of the molecule is C=CC(CC)(CC)C(N)CCCCCCCCCCC. The van der Waals surface area contributed by atoms with Crippen LogP contribution in [0, 0.1) is 5.41 Å². The highest BCUT2D eigenvalue weighted by molar-refractivity contribution is 5.00. The van der Waals surface area contributed by atoms with Crippen LogP contribution in [0.25, 0.3) is 0 Å². The van der Waals surface area contributed by atoms with Gasteiger partial charge >= 0.3 is 0 Å². The Labute approximate surface area is 128 Å². The number of hydrogen-bond donors (Lipinski definition) is 1. The summed E-state index contributed by atoms with van der Waals surface area (Å²) < 4.78 is 0. The van der Waals surface area contributed by atoms with Crippen molar-refractivity contribution in [1.82, 2.24) is 0 Å². The van der Waals surface area contributed by atoms with E-state index in [4.69, 9.17) is 5.73 Å². The molecule has 0 amide bonds. The maximum absolute atomic E-state index is 6.41. The summed E-state index contributed by atoms with van der Waals surface area (Å²) in [7, 11) is 0. The van der Waals surface area contributed by atoms with E-state index in [2.05, 4.69) is 33.4 Å². The van der Waals surface area contributed by atoms with E-state index in [-0.39, 0.29) is 5.41 Å². The first-order valence-corrected chi connectivity index (χ1v) is 9.06. The molecule has 0 bridgehead atoms. The van der Waals surface area contributed by atoms with Crippen molar-refractivity contribution in [3.63, 3.8) is 0 Å². The summed E-state index contributed by atoms with van der Waals surface area (Å²) in [6.45, 7) is 10.8. The Bertz CT molecular complexity index is 218. The predicted octanol–water partition coefficient (Wildman–Crippen LogP) is 6.23. The Balaban J connectivity index is 3.61. The smallest absolute Gasteiger partial charge is 0.0130 e. The zero-order valence-corrected chi connectivity index (χ0v) is 14.4. The summed E-state index contributed by atoms with van der Waals surface area (Å²) in [5.74, 6) is 0. The standard InChI is InChI=1S/C19H39N/c1-5-9-10-11-12-13-14-15-16-17-18(20)19(6-2,7-3)8-4/h6,18H,2,5,7-17,20H2,1,3-4H3. The minimum atomic E-state index is 0.167. The molecular weight excluding hydrogens is 242 g/mol. The van der Waals surface area contributed by atoms with Gasteiger partial charge in [-0.05, 0) is 19.3 Å². The van der Waals surface area contributed by atoms with E-state index < -0.39 is 0 Å². The lowest BCUT2D eigenvalue weighted by atomic mass is 9.74. The van der Waals surface area contributed by atoms with Crippen LogP contribution < -0.4 is 5.73 Å². The fourth-order valence-electron chi connectivity index (χ4n) is 3.18. The Morgan fingerprint density at radius 1 is 0.850 bits per heavy atom. The van der Waals surface area contributed by atoms with Crippen LogP contribution in [0.4, 0.5) is 0 Å². The van der Waals surface area contributed by atoms with Gasteiger partial charge in [0.15, 0.2) is 0 Å². The fourth-order valence-corrected chi connectivity index (χ4v) is 3.18. The van der Waals surface area contributed by atoms with Crippen molar-refractivity contribution < 1.29 is 0 Å². The maximum Gasteiger partial charge on any atom is 0.0130 e. The molecule has 0 aromatic carbocycles. The lowest BCUT2D eigenvalue weighted by Gasteiger charge is -2.34. The average Bonchev–Trinajstić information content (AvgIpc) is 2.48. The molecule has 2 N–H and O–H groups in total. The van der Waals surface area contributed by atoms with E-state index in [1.165, 1.54) is 57.8 Å². The van der Waals surface area contributed by atoms with Crippen molar-refractivity contribution >= 4 is 0 Å². The van der Waals surface area contributed by atoms with E-state index in [0.717, 1.165) is 19.3 Å². The lowest BCUT2D eigenvalue weighted by molar-refractivity contribution is 0.262. The van der Waals surface area contributed by atoms with E-state index in [1.807, 2.05) is 0 Å². The number of unbranched alkanes of at least 4 members (excludes halogenated alkanes) is 8. The van der Waals surface area contributed by atoms with Gasteiger partial charge < -0.3 is 5.73 Å². The summed E-state index contributed by atoms with van der Waals surface area (Å²) >= 11 is 0. The summed E-state index contributed by atoms with van der Waals surface area (Å²) in [6, 6.07) is 0.291. The van der Waals surface area contributed by atoms with Gasteiger partial charge in [-0.1, -0.05) is 84.6 Å². The molecule has 1 atom stereocenters. The largest absolute Gasteiger partial charge is 0.327 e. The molecule has 0 saturated heterocycles. The third-order valence-corrected chi connectivity index (χ3v) is 5.08. The molecule has 0 heterocycles. The lowest BCUT2D eigenvalue weighted by Crippen LogP contribution is -2.39. The molecule has 0 aliphatic carbocycles. The normalized spacial score (nSPS) is 13.4. The van der Waals surface area contributed by atoms with Crippen molar-refractivity contribution in [2.75, 3.05) is 0 Å². The van der Waals surface area contributed by atoms with Crippen molar-refractivity contribution in [2.45, 2.75) is 104 Å². The summed E-state index contributed by atoms with van der Waals surface area (Å²) in [4.78, 5) is 0. The van der Waals surface area contributed by atoms with E-state index in [0.29, 0.717) is 6.04 Å². The summed E-state index contributed by atoms with van der Waals surface area (Å²) in [6.07, 6.45) is 18.0. The third kappa shape index (κ3) is 7.47. The Hall–Kier alpha value is -0.300. The molecule has 0 aromatic heterocycles. The third-order valence-electron chi connectivity index (χ3n) is 5.08. The minimum absolute atomic E-state index is 0.167. The van der Waals surface area contributed by atoms with Crippen molar-refractivity contribution in [3.05, 3.63) is 12.7 Å². The zero-order chi connectivity index (χ0) is 15.3. The molecule has 1 unspecified atom stereocenters. The van der Waals surface area contributed by atoms with Gasteiger partial charge in [-0.2, -0.15) is 0 Å². The van der Waals surface area contributed by atoms with Gasteiger partial charge in [0.05, 0.1) is 0 Å². The Morgan fingerprint density at radius 3 is 1.70 bits per heavy atom. The monoisotopic (exact) mass is 281 g/mol. The number of rotatable bonds is 14. The van der Waals surface area contributed by atoms with Crippen molar-refractivity contribution in [2.24, 2.45) is 11.1 Å². The van der Waals surface area contributed by atoms with Gasteiger partial charge in [-0.3, -0.25) is 0 Å². The van der Waals surface area contributed by atoms with Crippen LogP contribution in [-0.2, 0) is 0 Å². The summed E-state index contributed by atoms with van der Waals surface area (Å²) in [5, 5.41) is 0. The molecule has 1 heteroatoms. The van der Waals surface area contributed by atoms with Crippen LogP contribution in [-0.4, -0.2) is 6.04 Å². The topological polar surface area (TPSA) is 26.0 Å². The van der Waals surface area contributed by atoms with E-state index in [1.54, 1.807) is 0 Å². The molecule has 120 valence electrons. The first-order chi connectivity index (χ1) is 9.66. The highest BCUT2D eigenvalue weighted by atomic mass is 14.7. The molecule has 0 fully saturated rings. The molecule has 0 spiro atoms. The minimum Gasteiger partial charge on any atom is -0.327 e. The van der Waals surface area contributed by atoms with Crippen molar-refractivity contribution in [1.29, 1.82) is 0 Å². The highest BCUT2D eigenvalue weighted by Crippen LogP contribution is 2.33. The van der Waals surface area contributed by atoms with Crippen LogP contribution >= 0.6 is 0 Å². The molecule has 0 aliphatic heterocycles. The first-order valence-electron chi connectivity index (χ1n) is 9.06. The van der Waals surface area contributed by atoms with Gasteiger partial charge in [0.25, 0.3) is 0 Å². The van der Waals surface area contributed by atoms with Crippen LogP contribution in [0.1, 0.15) is 97.8 Å². The quantitative estimate of drug-likeness (QED) is 0.296. The zero-order valence-electron chi connectivity index (χ0n) is 14.4. The molecule has 20 heavy (non-hydrogen) atoms. The van der Waals surface area contributed by atoms with Crippen molar-refractivity contribution in [3.8, 4) is 0 Å². The first kappa shape index (κ1) is 19.7. The number of nitrogens with two attached hydrogens (primary N) is 1. The van der Waals surface area contributed by atoms with E-state index in [9.17, 15) is 0 Å². The van der Waals surface area contributed by atoms with Crippen LogP contribution in [0.5, 0.6) is 0 Å². The second-order valence-corrected chi connectivity index (χ2v) is 6.37. The van der Waals surface area contributed by atoms with Gasteiger partial charge in [0.1, 0.15) is 0 Å². The molecule has 0 saturated carbocycles. The molecule has 0 rings (SSSR count). The predicted molar refractivity (Wildman–Crippen MR) is 93.0 cm³/mol. The Kier molecular flexibility index (Phi) is 12.3. The van der Waals surface area contributed by atoms with Gasteiger partial charge in [-0.25, -0.2) is 0 Å². The Morgan fingerprint density at radius 2 is 1.30 bits per heavy atom. The maximum atomic E-state index is 6.41. The molecule has 0 aromatic rings. The second-order valence-electron chi connectivity index (χ2n) is 6.37. The highest BCUT2D eigenvalue weighted by Gasteiger charge is 2.29.